The van der Waals surface area contributed by atoms with Gasteiger partial charge in [-0.3, -0.25) is 0 Å². The Morgan fingerprint density at radius 2 is 1.81 bits per heavy atom. The first kappa shape index (κ1) is 15.7. The van der Waals surface area contributed by atoms with E-state index in [2.05, 4.69) is 17.1 Å². The number of rotatable bonds is 8. The van der Waals surface area contributed by atoms with Crippen LogP contribution in [0.2, 0.25) is 0 Å². The zero-order chi connectivity index (χ0) is 15.1. The van der Waals surface area contributed by atoms with E-state index in [1.165, 1.54) is 25.7 Å². The topological polar surface area (TPSA) is 64.9 Å². The summed E-state index contributed by atoms with van der Waals surface area (Å²) >= 11 is 0. The maximum absolute atomic E-state index is 5.85. The van der Waals surface area contributed by atoms with Gasteiger partial charge >= 0.3 is 0 Å². The normalized spacial score (nSPS) is 12.5. The first-order chi connectivity index (χ1) is 10.2. The minimum absolute atomic E-state index is 0.0444. The van der Waals surface area contributed by atoms with Gasteiger partial charge in [-0.05, 0) is 18.9 Å². The molecule has 0 bridgehead atoms. The molecule has 0 aliphatic heterocycles. The highest BCUT2D eigenvalue weighted by Gasteiger charge is 2.09. The van der Waals surface area contributed by atoms with E-state index in [4.69, 9.17) is 10.3 Å². The largest absolute Gasteiger partial charge is 0.339 e. The molecule has 0 amide bonds. The van der Waals surface area contributed by atoms with Gasteiger partial charge in [0.25, 0.3) is 0 Å². The third-order valence-electron chi connectivity index (χ3n) is 3.66. The lowest BCUT2D eigenvalue weighted by atomic mass is 10.1. The van der Waals surface area contributed by atoms with E-state index in [1.807, 2.05) is 31.2 Å². The van der Waals surface area contributed by atoms with Crippen LogP contribution in [-0.4, -0.2) is 10.1 Å². The van der Waals surface area contributed by atoms with Crippen LogP contribution in [0.5, 0.6) is 0 Å². The fourth-order valence-electron chi connectivity index (χ4n) is 2.29. The molecule has 0 saturated heterocycles. The summed E-state index contributed by atoms with van der Waals surface area (Å²) in [4.78, 5) is 4.46. The van der Waals surface area contributed by atoms with Gasteiger partial charge in [0.05, 0.1) is 0 Å². The van der Waals surface area contributed by atoms with Crippen molar-refractivity contribution in [3.63, 3.8) is 0 Å². The zero-order valence-corrected chi connectivity index (χ0v) is 13.0. The van der Waals surface area contributed by atoms with Crippen LogP contribution in [0, 0.1) is 0 Å². The summed E-state index contributed by atoms with van der Waals surface area (Å²) in [7, 11) is 0. The monoisotopic (exact) mass is 287 g/mol. The minimum Gasteiger partial charge on any atom is -0.339 e. The first-order valence-electron chi connectivity index (χ1n) is 7.89. The van der Waals surface area contributed by atoms with Crippen LogP contribution in [-0.2, 0) is 6.42 Å². The molecular formula is C17H25N3O. The summed E-state index contributed by atoms with van der Waals surface area (Å²) in [5.74, 6) is 1.40. The molecule has 0 radical (unpaired) electrons. The Hall–Kier alpha value is -1.68. The average Bonchev–Trinajstić information content (AvgIpc) is 2.96. The van der Waals surface area contributed by atoms with Crippen molar-refractivity contribution in [2.45, 2.75) is 58.4 Å². The standard InChI is InChI=1S/C17H25N3O/c1-3-4-5-6-7-8-16-19-17(20-21-16)15-11-9-14(10-12-15)13(2)18/h9-13H,3-8,18H2,1-2H3. The van der Waals surface area contributed by atoms with Crippen LogP contribution < -0.4 is 5.73 Å². The second kappa shape index (κ2) is 7.93. The Morgan fingerprint density at radius 1 is 1.10 bits per heavy atom. The van der Waals surface area contributed by atoms with Gasteiger partial charge in [0.15, 0.2) is 0 Å². The molecule has 0 aliphatic rings. The summed E-state index contributed by atoms with van der Waals surface area (Å²) < 4.78 is 5.32. The molecule has 1 aromatic heterocycles. The molecule has 4 heteroatoms. The molecule has 0 spiro atoms. The van der Waals surface area contributed by atoms with Gasteiger partial charge in [-0.1, -0.05) is 62.0 Å². The maximum atomic E-state index is 5.85. The fraction of sp³-hybridized carbons (Fsp3) is 0.529. The molecule has 1 unspecified atom stereocenters. The molecule has 1 aromatic carbocycles. The highest BCUT2D eigenvalue weighted by atomic mass is 16.5. The Kier molecular flexibility index (Phi) is 5.93. The van der Waals surface area contributed by atoms with Gasteiger partial charge in [-0.2, -0.15) is 4.98 Å². The smallest absolute Gasteiger partial charge is 0.226 e. The van der Waals surface area contributed by atoms with E-state index in [9.17, 15) is 0 Å². The highest BCUT2D eigenvalue weighted by Crippen LogP contribution is 2.19. The molecule has 4 nitrogen and oxygen atoms in total. The molecule has 0 aliphatic carbocycles. The Bertz CT molecular complexity index is 531. The molecule has 2 rings (SSSR count). The third-order valence-corrected chi connectivity index (χ3v) is 3.66. The van der Waals surface area contributed by atoms with Crippen molar-refractivity contribution < 1.29 is 4.52 Å². The van der Waals surface area contributed by atoms with E-state index in [0.29, 0.717) is 5.82 Å². The van der Waals surface area contributed by atoms with E-state index < -0.39 is 0 Å². The lowest BCUT2D eigenvalue weighted by Crippen LogP contribution is -2.04. The lowest BCUT2D eigenvalue weighted by Gasteiger charge is -2.04. The van der Waals surface area contributed by atoms with Gasteiger partial charge in [-0.25, -0.2) is 0 Å². The molecule has 21 heavy (non-hydrogen) atoms. The van der Waals surface area contributed by atoms with Gasteiger partial charge in [0.1, 0.15) is 0 Å². The molecular weight excluding hydrogens is 262 g/mol. The van der Waals surface area contributed by atoms with Crippen molar-refractivity contribution in [3.8, 4) is 11.4 Å². The Labute approximate surface area is 126 Å². The van der Waals surface area contributed by atoms with E-state index in [1.54, 1.807) is 0 Å². The van der Waals surface area contributed by atoms with Crippen LogP contribution >= 0.6 is 0 Å². The molecule has 1 atom stereocenters. The zero-order valence-electron chi connectivity index (χ0n) is 13.0. The molecule has 2 N–H and O–H groups in total. The number of hydrogen-bond donors (Lipinski definition) is 1. The van der Waals surface area contributed by atoms with E-state index in [-0.39, 0.29) is 6.04 Å². The number of nitrogens with zero attached hydrogens (tertiary/aromatic N) is 2. The summed E-state index contributed by atoms with van der Waals surface area (Å²) in [5.41, 5.74) is 7.93. The highest BCUT2D eigenvalue weighted by molar-refractivity contribution is 5.54. The molecule has 2 aromatic rings. The summed E-state index contributed by atoms with van der Waals surface area (Å²) in [6, 6.07) is 8.06. The predicted octanol–water partition coefficient (Wildman–Crippen LogP) is 4.27. The van der Waals surface area contributed by atoms with Gasteiger partial charge < -0.3 is 10.3 Å². The van der Waals surface area contributed by atoms with E-state index in [0.717, 1.165) is 29.9 Å². The summed E-state index contributed by atoms with van der Waals surface area (Å²) in [6.07, 6.45) is 7.08. The number of hydrogen-bond acceptors (Lipinski definition) is 4. The van der Waals surface area contributed by atoms with E-state index >= 15 is 0 Å². The van der Waals surface area contributed by atoms with Gasteiger partial charge in [0.2, 0.25) is 11.7 Å². The lowest BCUT2D eigenvalue weighted by molar-refractivity contribution is 0.374. The van der Waals surface area contributed by atoms with Crippen LogP contribution in [0.1, 0.15) is 63.4 Å². The third kappa shape index (κ3) is 4.67. The average molecular weight is 287 g/mol. The second-order valence-electron chi connectivity index (χ2n) is 5.59. The Balaban J connectivity index is 1.90. The van der Waals surface area contributed by atoms with Crippen molar-refractivity contribution in [1.82, 2.24) is 10.1 Å². The van der Waals surface area contributed by atoms with Crippen molar-refractivity contribution in [1.29, 1.82) is 0 Å². The van der Waals surface area contributed by atoms with Gasteiger partial charge in [-0.15, -0.1) is 0 Å². The molecule has 1 heterocycles. The number of nitrogens with two attached hydrogens (primary N) is 1. The predicted molar refractivity (Wildman–Crippen MR) is 84.8 cm³/mol. The van der Waals surface area contributed by atoms with Crippen molar-refractivity contribution in [2.24, 2.45) is 5.73 Å². The number of aryl methyl sites for hydroxylation is 1. The molecule has 0 fully saturated rings. The maximum Gasteiger partial charge on any atom is 0.226 e. The van der Waals surface area contributed by atoms with Crippen molar-refractivity contribution in [3.05, 3.63) is 35.7 Å². The minimum atomic E-state index is 0.0444. The molecule has 114 valence electrons. The first-order valence-corrected chi connectivity index (χ1v) is 7.89. The van der Waals surface area contributed by atoms with Crippen LogP contribution in [0.4, 0.5) is 0 Å². The fourth-order valence-corrected chi connectivity index (χ4v) is 2.29. The molecule has 0 saturated carbocycles. The Morgan fingerprint density at radius 3 is 2.48 bits per heavy atom. The quantitative estimate of drug-likeness (QED) is 0.736. The SMILES string of the molecule is CCCCCCCc1nc(-c2ccc(C(C)N)cc2)no1. The summed E-state index contributed by atoms with van der Waals surface area (Å²) in [5, 5.41) is 4.06. The van der Waals surface area contributed by atoms with Crippen molar-refractivity contribution in [2.75, 3.05) is 0 Å². The number of unbranched alkanes of at least 4 members (excludes halogenated alkanes) is 4. The van der Waals surface area contributed by atoms with Crippen LogP contribution in [0.25, 0.3) is 11.4 Å². The number of aromatic nitrogens is 2. The second-order valence-corrected chi connectivity index (χ2v) is 5.59. The number of benzene rings is 1. The van der Waals surface area contributed by atoms with Crippen LogP contribution in [0.3, 0.4) is 0 Å². The van der Waals surface area contributed by atoms with Gasteiger partial charge in [0, 0.05) is 18.0 Å². The summed E-state index contributed by atoms with van der Waals surface area (Å²) in [6.45, 7) is 4.20. The van der Waals surface area contributed by atoms with Crippen LogP contribution in [0.15, 0.2) is 28.8 Å². The van der Waals surface area contributed by atoms with Crippen molar-refractivity contribution >= 4 is 0 Å².